The molecule has 3 aromatic heterocycles. The van der Waals surface area contributed by atoms with Crippen LogP contribution in [0, 0.1) is 0 Å². The molecule has 7 aromatic carbocycles. The minimum absolute atomic E-state index is 0.688. The van der Waals surface area contributed by atoms with Crippen molar-refractivity contribution in [1.82, 2.24) is 15.0 Å². The Labute approximate surface area is 282 Å². The molecule has 0 aliphatic heterocycles. The molecule has 0 spiro atoms. The molecule has 0 N–H and O–H groups in total. The number of fused-ring (bicyclic) bond motifs is 10. The number of nitrogens with zero attached hydrogens (tertiary/aromatic N) is 3. The molecule has 0 unspecified atom stereocenters. The van der Waals surface area contributed by atoms with Gasteiger partial charge in [-0.3, -0.25) is 4.98 Å². The van der Waals surface area contributed by atoms with Crippen LogP contribution < -0.4 is 0 Å². The van der Waals surface area contributed by atoms with Gasteiger partial charge in [0.1, 0.15) is 11.2 Å². The number of hydrogen-bond acceptors (Lipinski definition) is 4. The molecule has 4 nitrogen and oxygen atoms in total. The van der Waals surface area contributed by atoms with Gasteiger partial charge in [-0.15, -0.1) is 0 Å². The average molecular weight is 626 g/mol. The normalized spacial score (nSPS) is 11.7. The van der Waals surface area contributed by atoms with E-state index >= 15 is 0 Å². The molecular formula is C45H27N3O. The first-order chi connectivity index (χ1) is 24.3. The molecular weight excluding hydrogens is 599 g/mol. The van der Waals surface area contributed by atoms with E-state index in [4.69, 9.17) is 14.4 Å². The molecule has 0 radical (unpaired) electrons. The second kappa shape index (κ2) is 11.0. The van der Waals surface area contributed by atoms with E-state index in [0.717, 1.165) is 61.1 Å². The summed E-state index contributed by atoms with van der Waals surface area (Å²) in [4.78, 5) is 14.4. The van der Waals surface area contributed by atoms with Gasteiger partial charge in [0.2, 0.25) is 0 Å². The third kappa shape index (κ3) is 4.49. The maximum absolute atomic E-state index is 6.34. The highest BCUT2D eigenvalue weighted by molar-refractivity contribution is 6.34. The maximum Gasteiger partial charge on any atom is 0.160 e. The van der Waals surface area contributed by atoms with Gasteiger partial charge >= 0.3 is 0 Å². The standard InChI is InChI=1S/C45H27N3O/c1-2-8-30(9-3-1)39-27-40(48-45(47-39)31-16-14-28(15-17-31)29-22-24-46-25-23-29)32-18-19-36-38(26-32)34-11-5-4-10-33(34)35-20-21-42-44(43(35)36)37-12-6-7-13-41(37)49-42/h1-27H. The van der Waals surface area contributed by atoms with E-state index < -0.39 is 0 Å². The fourth-order valence-corrected chi connectivity index (χ4v) is 7.26. The molecule has 0 fully saturated rings. The van der Waals surface area contributed by atoms with Crippen molar-refractivity contribution in [3.63, 3.8) is 0 Å². The van der Waals surface area contributed by atoms with Gasteiger partial charge in [-0.1, -0.05) is 109 Å². The lowest BCUT2D eigenvalue weighted by Gasteiger charge is -2.14. The van der Waals surface area contributed by atoms with E-state index in [1.807, 2.05) is 54.9 Å². The van der Waals surface area contributed by atoms with Crippen molar-refractivity contribution in [2.45, 2.75) is 0 Å². The summed E-state index contributed by atoms with van der Waals surface area (Å²) in [6, 6.07) is 53.0. The van der Waals surface area contributed by atoms with E-state index in [1.165, 1.54) is 32.3 Å². The SMILES string of the molecule is c1ccc(-c2cc(-c3ccc4c(c3)c3ccccc3c3ccc5oc6ccccc6c5c34)nc(-c3ccc(-c4ccncc4)cc3)n2)cc1. The number of pyridine rings is 1. The van der Waals surface area contributed by atoms with Crippen molar-refractivity contribution < 1.29 is 4.42 Å². The third-order valence-corrected chi connectivity index (χ3v) is 9.59. The van der Waals surface area contributed by atoms with Crippen LogP contribution in [0.15, 0.2) is 168 Å². The molecule has 0 aliphatic rings. The van der Waals surface area contributed by atoms with E-state index in [2.05, 4.69) is 114 Å². The Morgan fingerprint density at radius 1 is 0.347 bits per heavy atom. The third-order valence-electron chi connectivity index (χ3n) is 9.59. The molecule has 0 saturated carbocycles. The molecule has 3 heterocycles. The Kier molecular flexibility index (Phi) is 6.15. The summed E-state index contributed by atoms with van der Waals surface area (Å²) in [6.45, 7) is 0. The van der Waals surface area contributed by atoms with Gasteiger partial charge in [0.25, 0.3) is 0 Å². The van der Waals surface area contributed by atoms with Crippen molar-refractivity contribution in [1.29, 1.82) is 0 Å². The summed E-state index contributed by atoms with van der Waals surface area (Å²) < 4.78 is 6.34. The van der Waals surface area contributed by atoms with Gasteiger partial charge in [-0.25, -0.2) is 9.97 Å². The lowest BCUT2D eigenvalue weighted by Crippen LogP contribution is -1.96. The van der Waals surface area contributed by atoms with Gasteiger partial charge < -0.3 is 4.42 Å². The Balaban J connectivity index is 1.21. The first-order valence-electron chi connectivity index (χ1n) is 16.4. The summed E-state index contributed by atoms with van der Waals surface area (Å²) in [5, 5.41) is 9.53. The van der Waals surface area contributed by atoms with Gasteiger partial charge in [0.05, 0.1) is 11.4 Å². The molecule has 0 bridgehead atoms. The lowest BCUT2D eigenvalue weighted by molar-refractivity contribution is 0.669. The first-order valence-corrected chi connectivity index (χ1v) is 16.4. The minimum Gasteiger partial charge on any atom is -0.456 e. The van der Waals surface area contributed by atoms with Gasteiger partial charge in [0, 0.05) is 45.2 Å². The molecule has 49 heavy (non-hydrogen) atoms. The van der Waals surface area contributed by atoms with Gasteiger partial charge in [-0.05, 0) is 80.5 Å². The van der Waals surface area contributed by atoms with Crippen molar-refractivity contribution in [2.24, 2.45) is 0 Å². The molecule has 0 saturated heterocycles. The molecule has 0 atom stereocenters. The zero-order valence-electron chi connectivity index (χ0n) is 26.3. The van der Waals surface area contributed by atoms with Crippen LogP contribution in [0.5, 0.6) is 0 Å². The summed E-state index contributed by atoms with van der Waals surface area (Å²) >= 11 is 0. The molecule has 4 heteroatoms. The van der Waals surface area contributed by atoms with E-state index in [0.29, 0.717) is 5.82 Å². The zero-order valence-corrected chi connectivity index (χ0v) is 26.3. The van der Waals surface area contributed by atoms with Crippen LogP contribution >= 0.6 is 0 Å². The van der Waals surface area contributed by atoms with Crippen LogP contribution in [-0.4, -0.2) is 15.0 Å². The highest BCUT2D eigenvalue weighted by Crippen LogP contribution is 2.43. The summed E-state index contributed by atoms with van der Waals surface area (Å²) in [7, 11) is 0. The summed E-state index contributed by atoms with van der Waals surface area (Å²) in [5.41, 5.74) is 8.85. The Morgan fingerprint density at radius 2 is 0.939 bits per heavy atom. The fraction of sp³-hybridized carbons (Fsp3) is 0. The van der Waals surface area contributed by atoms with Gasteiger partial charge in [-0.2, -0.15) is 0 Å². The average Bonchev–Trinajstić information content (AvgIpc) is 3.57. The van der Waals surface area contributed by atoms with Crippen LogP contribution in [0.3, 0.4) is 0 Å². The predicted molar refractivity (Wildman–Crippen MR) is 201 cm³/mol. The molecule has 0 aliphatic carbocycles. The number of aromatic nitrogens is 3. The fourth-order valence-electron chi connectivity index (χ4n) is 7.26. The van der Waals surface area contributed by atoms with E-state index in [-0.39, 0.29) is 0 Å². The van der Waals surface area contributed by atoms with Crippen molar-refractivity contribution in [3.05, 3.63) is 164 Å². The van der Waals surface area contributed by atoms with Crippen LogP contribution in [-0.2, 0) is 0 Å². The number of benzene rings is 7. The number of furan rings is 1. The van der Waals surface area contributed by atoms with E-state index in [9.17, 15) is 0 Å². The van der Waals surface area contributed by atoms with Crippen molar-refractivity contribution >= 4 is 54.3 Å². The smallest absolute Gasteiger partial charge is 0.160 e. The monoisotopic (exact) mass is 625 g/mol. The Hall–Kier alpha value is -6.65. The van der Waals surface area contributed by atoms with Crippen LogP contribution in [0.2, 0.25) is 0 Å². The minimum atomic E-state index is 0.688. The van der Waals surface area contributed by atoms with Crippen molar-refractivity contribution in [2.75, 3.05) is 0 Å². The Bertz CT molecular complexity index is 2860. The zero-order chi connectivity index (χ0) is 32.3. The van der Waals surface area contributed by atoms with Crippen LogP contribution in [0.4, 0.5) is 0 Å². The molecule has 0 amide bonds. The second-order valence-corrected chi connectivity index (χ2v) is 12.4. The van der Waals surface area contributed by atoms with Crippen molar-refractivity contribution in [3.8, 4) is 45.0 Å². The van der Waals surface area contributed by atoms with Crippen LogP contribution in [0.25, 0.3) is 99.3 Å². The largest absolute Gasteiger partial charge is 0.456 e. The summed E-state index contributed by atoms with van der Waals surface area (Å²) in [6.07, 6.45) is 3.63. The lowest BCUT2D eigenvalue weighted by atomic mass is 9.90. The molecule has 10 aromatic rings. The van der Waals surface area contributed by atoms with Crippen LogP contribution in [0.1, 0.15) is 0 Å². The van der Waals surface area contributed by atoms with Gasteiger partial charge in [0.15, 0.2) is 5.82 Å². The quantitative estimate of drug-likeness (QED) is 0.183. The number of hydrogen-bond donors (Lipinski definition) is 0. The Morgan fingerprint density at radius 3 is 1.73 bits per heavy atom. The molecule has 10 rings (SSSR count). The highest BCUT2D eigenvalue weighted by Gasteiger charge is 2.18. The summed E-state index contributed by atoms with van der Waals surface area (Å²) in [5.74, 6) is 0.688. The second-order valence-electron chi connectivity index (χ2n) is 12.4. The highest BCUT2D eigenvalue weighted by atomic mass is 16.3. The first kappa shape index (κ1) is 27.5. The number of rotatable bonds is 4. The van der Waals surface area contributed by atoms with E-state index in [1.54, 1.807) is 0 Å². The maximum atomic E-state index is 6.34. The topological polar surface area (TPSA) is 51.8 Å². The molecule has 228 valence electrons. The predicted octanol–water partition coefficient (Wildman–Crippen LogP) is 11.9. The number of para-hydroxylation sites is 1.